The van der Waals surface area contributed by atoms with E-state index in [0.717, 1.165) is 42.6 Å². The number of allylic oxidation sites excluding steroid dienone is 1. The number of nitrogens with zero attached hydrogens (tertiary/aromatic N) is 3. The Kier molecular flexibility index (Phi) is 4.94. The van der Waals surface area contributed by atoms with E-state index in [2.05, 4.69) is 18.1 Å². The average molecular weight is 431 g/mol. The highest BCUT2D eigenvalue weighted by Crippen LogP contribution is 2.54. The highest BCUT2D eigenvalue weighted by atomic mass is 19.1. The van der Waals surface area contributed by atoms with Gasteiger partial charge in [0.05, 0.1) is 29.2 Å². The minimum absolute atomic E-state index is 0.0511. The zero-order valence-electron chi connectivity index (χ0n) is 17.7. The van der Waals surface area contributed by atoms with Crippen molar-refractivity contribution in [2.75, 3.05) is 0 Å². The number of aliphatic hydroxyl groups excluding tert-OH is 1. The Labute approximate surface area is 185 Å². The van der Waals surface area contributed by atoms with Gasteiger partial charge >= 0.3 is 0 Å². The minimum Gasteiger partial charge on any atom is -0.388 e. The normalized spacial score (nSPS) is 23.0. The number of halogens is 2. The lowest BCUT2D eigenvalue weighted by Gasteiger charge is -2.47. The fourth-order valence-corrected chi connectivity index (χ4v) is 5.42. The molecule has 3 aromatic rings. The molecule has 2 aliphatic carbocycles. The lowest BCUT2D eigenvalue weighted by Crippen LogP contribution is -2.40. The number of nitriles is 1. The summed E-state index contributed by atoms with van der Waals surface area (Å²) in [6, 6.07) is 12.4. The molecule has 1 fully saturated rings. The molecule has 0 aliphatic heterocycles. The number of aromatic nitrogens is 2. The second-order valence-corrected chi connectivity index (χ2v) is 9.00. The van der Waals surface area contributed by atoms with E-state index >= 15 is 0 Å². The van der Waals surface area contributed by atoms with E-state index in [1.807, 2.05) is 16.9 Å². The number of rotatable bonds is 3. The first kappa shape index (κ1) is 20.6. The van der Waals surface area contributed by atoms with E-state index < -0.39 is 11.9 Å². The molecule has 0 radical (unpaired) electrons. The summed E-state index contributed by atoms with van der Waals surface area (Å²) < 4.78 is 29.0. The molecule has 4 nitrogen and oxygen atoms in total. The fourth-order valence-electron chi connectivity index (χ4n) is 5.42. The van der Waals surface area contributed by atoms with Crippen LogP contribution in [0.4, 0.5) is 8.78 Å². The van der Waals surface area contributed by atoms with Gasteiger partial charge in [-0.25, -0.2) is 13.5 Å². The summed E-state index contributed by atoms with van der Waals surface area (Å²) in [6.45, 7) is 2.18. The van der Waals surface area contributed by atoms with Crippen molar-refractivity contribution in [2.24, 2.45) is 11.3 Å². The van der Waals surface area contributed by atoms with Gasteiger partial charge in [0.25, 0.3) is 0 Å². The van der Waals surface area contributed by atoms with Crippen LogP contribution < -0.4 is 0 Å². The molecular formula is C26H23F2N3O. The molecule has 0 bridgehead atoms. The number of hydrogen-bond donors (Lipinski definition) is 1. The van der Waals surface area contributed by atoms with Crippen LogP contribution >= 0.6 is 0 Å². The molecule has 1 saturated carbocycles. The third-order valence-corrected chi connectivity index (χ3v) is 7.17. The molecule has 0 saturated heterocycles. The van der Waals surface area contributed by atoms with Gasteiger partial charge in [0.1, 0.15) is 17.7 Å². The van der Waals surface area contributed by atoms with E-state index in [1.165, 1.54) is 29.8 Å². The first-order valence-electron chi connectivity index (χ1n) is 10.8. The molecule has 1 aromatic heterocycles. The van der Waals surface area contributed by atoms with Gasteiger partial charge in [-0.1, -0.05) is 18.6 Å². The summed E-state index contributed by atoms with van der Waals surface area (Å²) in [5.74, 6) is -0.929. The smallest absolute Gasteiger partial charge is 0.140 e. The van der Waals surface area contributed by atoms with Crippen molar-refractivity contribution < 1.29 is 13.9 Å². The van der Waals surface area contributed by atoms with E-state index in [9.17, 15) is 19.1 Å². The number of benzene rings is 2. The van der Waals surface area contributed by atoms with Gasteiger partial charge in [-0.15, -0.1) is 0 Å². The van der Waals surface area contributed by atoms with E-state index in [0.29, 0.717) is 5.56 Å². The fraction of sp³-hybridized carbons (Fsp3) is 0.308. The summed E-state index contributed by atoms with van der Waals surface area (Å²) in [4.78, 5) is 0. The van der Waals surface area contributed by atoms with Gasteiger partial charge < -0.3 is 5.11 Å². The van der Waals surface area contributed by atoms with Crippen LogP contribution in [0.2, 0.25) is 0 Å². The number of hydrogen-bond acceptors (Lipinski definition) is 3. The first-order chi connectivity index (χ1) is 15.4. The monoisotopic (exact) mass is 431 g/mol. The molecule has 1 heterocycles. The topological polar surface area (TPSA) is 61.8 Å². The van der Waals surface area contributed by atoms with E-state index in [1.54, 1.807) is 18.2 Å². The van der Waals surface area contributed by atoms with Gasteiger partial charge in [0.15, 0.2) is 0 Å². The SMILES string of the molecule is C[C@]12Cc3cnn(-c4ccc(F)cc4)c3C=C1CCC[C@@H]2[C@@H](O)c1ccc(F)c(C#N)c1. The molecule has 1 N–H and O–H groups in total. The van der Waals surface area contributed by atoms with Crippen LogP contribution in [-0.4, -0.2) is 14.9 Å². The average Bonchev–Trinajstić information content (AvgIpc) is 3.19. The molecule has 162 valence electrons. The Morgan fingerprint density at radius 2 is 2.00 bits per heavy atom. The van der Waals surface area contributed by atoms with Crippen molar-refractivity contribution in [3.05, 3.63) is 88.3 Å². The van der Waals surface area contributed by atoms with Crippen LogP contribution in [-0.2, 0) is 6.42 Å². The first-order valence-corrected chi connectivity index (χ1v) is 10.8. The maximum atomic E-state index is 13.8. The Hall–Kier alpha value is -3.30. The molecule has 3 atom stereocenters. The maximum Gasteiger partial charge on any atom is 0.140 e. The zero-order valence-corrected chi connectivity index (χ0v) is 17.7. The molecule has 32 heavy (non-hydrogen) atoms. The molecule has 0 amide bonds. The third kappa shape index (κ3) is 3.25. The van der Waals surface area contributed by atoms with Crippen molar-refractivity contribution >= 4 is 6.08 Å². The van der Waals surface area contributed by atoms with Gasteiger partial charge in [0.2, 0.25) is 0 Å². The quantitative estimate of drug-likeness (QED) is 0.596. The summed E-state index contributed by atoms with van der Waals surface area (Å²) in [5, 5.41) is 25.0. The van der Waals surface area contributed by atoms with Gasteiger partial charge in [0, 0.05) is 0 Å². The standard InChI is InChI=1S/C26H23F2N3O/c1-26-13-18-15-30-31(21-8-6-20(27)7-9-21)24(18)12-19(26)3-2-4-22(26)25(32)16-5-10-23(28)17(11-16)14-29/h5-12,15,22,25,32H,2-4,13H2,1H3/t22-,25+,26+/m1/s1. The number of fused-ring (bicyclic) bond motifs is 2. The highest BCUT2D eigenvalue weighted by Gasteiger charge is 2.46. The van der Waals surface area contributed by atoms with Crippen molar-refractivity contribution in [1.29, 1.82) is 5.26 Å². The summed E-state index contributed by atoms with van der Waals surface area (Å²) >= 11 is 0. The Bertz CT molecular complexity index is 1260. The van der Waals surface area contributed by atoms with Crippen molar-refractivity contribution in [2.45, 2.75) is 38.7 Å². The molecule has 5 rings (SSSR count). The highest BCUT2D eigenvalue weighted by molar-refractivity contribution is 5.61. The summed E-state index contributed by atoms with van der Waals surface area (Å²) in [7, 11) is 0. The van der Waals surface area contributed by atoms with Crippen molar-refractivity contribution in [3.63, 3.8) is 0 Å². The molecule has 6 heteroatoms. The minimum atomic E-state index is -0.801. The van der Waals surface area contributed by atoms with Crippen LogP contribution in [0.15, 0.2) is 54.2 Å². The maximum absolute atomic E-state index is 13.8. The molecule has 2 aromatic carbocycles. The molecule has 2 aliphatic rings. The molecular weight excluding hydrogens is 408 g/mol. The van der Waals surface area contributed by atoms with E-state index in [4.69, 9.17) is 0 Å². The third-order valence-electron chi connectivity index (χ3n) is 7.17. The predicted molar refractivity (Wildman–Crippen MR) is 117 cm³/mol. The predicted octanol–water partition coefficient (Wildman–Crippen LogP) is 5.50. The zero-order chi connectivity index (χ0) is 22.5. The van der Waals surface area contributed by atoms with Gasteiger partial charge in [-0.3, -0.25) is 0 Å². The lowest BCUT2D eigenvalue weighted by molar-refractivity contribution is 0.0216. The number of aliphatic hydroxyl groups is 1. The summed E-state index contributed by atoms with van der Waals surface area (Å²) in [6.07, 6.45) is 6.65. The second-order valence-electron chi connectivity index (χ2n) is 9.00. The largest absolute Gasteiger partial charge is 0.388 e. The van der Waals surface area contributed by atoms with Crippen LogP contribution in [0.5, 0.6) is 0 Å². The van der Waals surface area contributed by atoms with Crippen LogP contribution in [0.1, 0.15) is 54.7 Å². The van der Waals surface area contributed by atoms with Crippen LogP contribution in [0.3, 0.4) is 0 Å². The summed E-state index contributed by atoms with van der Waals surface area (Å²) in [5.41, 5.74) is 4.38. The van der Waals surface area contributed by atoms with Gasteiger partial charge in [-0.05, 0) is 90.6 Å². The Balaban J connectivity index is 1.51. The molecule has 0 unspecified atom stereocenters. The Morgan fingerprint density at radius 1 is 1.22 bits per heavy atom. The second kappa shape index (κ2) is 7.68. The van der Waals surface area contributed by atoms with Crippen molar-refractivity contribution in [3.8, 4) is 11.8 Å². The molecule has 0 spiro atoms. The van der Waals surface area contributed by atoms with Gasteiger partial charge in [-0.2, -0.15) is 10.4 Å². The van der Waals surface area contributed by atoms with E-state index in [-0.39, 0.29) is 22.7 Å². The van der Waals surface area contributed by atoms with Crippen molar-refractivity contribution in [1.82, 2.24) is 9.78 Å². The van der Waals surface area contributed by atoms with Crippen LogP contribution in [0, 0.1) is 34.3 Å². The lowest BCUT2D eigenvalue weighted by atomic mass is 9.57. The van der Waals surface area contributed by atoms with Crippen LogP contribution in [0.25, 0.3) is 11.8 Å². The Morgan fingerprint density at radius 3 is 2.75 bits per heavy atom.